The maximum absolute atomic E-state index is 10.1. The van der Waals surface area contributed by atoms with Gasteiger partial charge in [-0.1, -0.05) is 0 Å². The molecule has 0 aromatic carbocycles. The number of nitrogens with two attached hydrogens (primary N) is 1. The van der Waals surface area contributed by atoms with Crippen LogP contribution >= 0.6 is 11.3 Å². The number of hydrogen-bond donors (Lipinski definition) is 3. The molecule has 0 unspecified atom stereocenters. The molecule has 0 radical (unpaired) electrons. The van der Waals surface area contributed by atoms with E-state index in [0.29, 0.717) is 5.56 Å². The summed E-state index contributed by atoms with van der Waals surface area (Å²) >= 11 is 1.30. The number of thiophene rings is 1. The van der Waals surface area contributed by atoms with Crippen molar-refractivity contribution in [1.82, 2.24) is 0 Å². The average Bonchev–Trinajstić information content (AvgIpc) is 2.50. The molecule has 6 heteroatoms. The predicted octanol–water partition coefficient (Wildman–Crippen LogP) is 0.624. The van der Waals surface area contributed by atoms with Crippen molar-refractivity contribution >= 4 is 23.3 Å². The third-order valence-electron chi connectivity index (χ3n) is 1.32. The van der Waals surface area contributed by atoms with Crippen molar-refractivity contribution < 1.29 is 15.0 Å². The SMILES string of the molecule is NC(=NC(=O)O)c1csc(CO)c1. The Kier molecular flexibility index (Phi) is 2.99. The van der Waals surface area contributed by atoms with Gasteiger partial charge in [-0.3, -0.25) is 0 Å². The molecule has 0 bridgehead atoms. The van der Waals surface area contributed by atoms with Gasteiger partial charge in [-0.05, 0) is 6.07 Å². The smallest absolute Gasteiger partial charge is 0.433 e. The van der Waals surface area contributed by atoms with Crippen LogP contribution in [-0.4, -0.2) is 22.1 Å². The lowest BCUT2D eigenvalue weighted by Crippen LogP contribution is -2.14. The summed E-state index contributed by atoms with van der Waals surface area (Å²) in [7, 11) is 0. The van der Waals surface area contributed by atoms with Crippen molar-refractivity contribution in [2.24, 2.45) is 10.7 Å². The highest BCUT2D eigenvalue weighted by Crippen LogP contribution is 2.13. The Morgan fingerprint density at radius 3 is 2.85 bits per heavy atom. The third-order valence-corrected chi connectivity index (χ3v) is 2.24. The van der Waals surface area contributed by atoms with Crippen molar-refractivity contribution in [3.8, 4) is 0 Å². The Morgan fingerprint density at radius 2 is 2.38 bits per heavy atom. The lowest BCUT2D eigenvalue weighted by atomic mass is 10.3. The van der Waals surface area contributed by atoms with Gasteiger partial charge < -0.3 is 15.9 Å². The summed E-state index contributed by atoms with van der Waals surface area (Å²) in [6.45, 7) is -0.0784. The van der Waals surface area contributed by atoms with Crippen LogP contribution < -0.4 is 5.73 Å². The minimum absolute atomic E-state index is 0.0524. The zero-order chi connectivity index (χ0) is 9.84. The van der Waals surface area contributed by atoms with Crippen LogP contribution in [0.3, 0.4) is 0 Å². The van der Waals surface area contributed by atoms with E-state index in [0.717, 1.165) is 4.88 Å². The Morgan fingerprint density at radius 1 is 1.69 bits per heavy atom. The Labute approximate surface area is 78.2 Å². The van der Waals surface area contributed by atoms with Crippen LogP contribution in [0.15, 0.2) is 16.4 Å². The first-order chi connectivity index (χ1) is 6.13. The Hall–Kier alpha value is -1.40. The van der Waals surface area contributed by atoms with Gasteiger partial charge in [0.25, 0.3) is 0 Å². The van der Waals surface area contributed by atoms with Gasteiger partial charge in [0.2, 0.25) is 0 Å². The summed E-state index contributed by atoms with van der Waals surface area (Å²) in [6, 6.07) is 1.60. The number of aliphatic hydroxyl groups excluding tert-OH is 1. The molecule has 1 aromatic rings. The summed E-state index contributed by atoms with van der Waals surface area (Å²) in [6.07, 6.45) is -1.32. The van der Waals surface area contributed by atoms with Gasteiger partial charge in [-0.15, -0.1) is 11.3 Å². The van der Waals surface area contributed by atoms with Crippen molar-refractivity contribution in [3.63, 3.8) is 0 Å². The minimum Gasteiger partial charge on any atom is -0.463 e. The van der Waals surface area contributed by atoms with Crippen molar-refractivity contribution in [2.45, 2.75) is 6.61 Å². The van der Waals surface area contributed by atoms with Gasteiger partial charge in [-0.2, -0.15) is 4.99 Å². The van der Waals surface area contributed by atoms with E-state index < -0.39 is 6.09 Å². The van der Waals surface area contributed by atoms with Crippen molar-refractivity contribution in [2.75, 3.05) is 0 Å². The molecule has 70 valence electrons. The number of hydrogen-bond acceptors (Lipinski definition) is 3. The molecule has 0 fully saturated rings. The topological polar surface area (TPSA) is 95.9 Å². The van der Waals surface area contributed by atoms with Crippen molar-refractivity contribution in [1.29, 1.82) is 0 Å². The van der Waals surface area contributed by atoms with Crippen LogP contribution in [-0.2, 0) is 6.61 Å². The second-order valence-corrected chi connectivity index (χ2v) is 3.24. The normalized spacial score (nSPS) is 11.6. The molecular weight excluding hydrogens is 192 g/mol. The molecule has 0 aliphatic heterocycles. The Bertz CT molecular complexity index is 345. The number of rotatable bonds is 2. The van der Waals surface area contributed by atoms with Gasteiger partial charge in [-0.25, -0.2) is 4.79 Å². The lowest BCUT2D eigenvalue weighted by Gasteiger charge is -1.91. The highest BCUT2D eigenvalue weighted by atomic mass is 32.1. The van der Waals surface area contributed by atoms with Crippen LogP contribution in [0.5, 0.6) is 0 Å². The minimum atomic E-state index is -1.32. The first-order valence-electron chi connectivity index (χ1n) is 3.39. The highest BCUT2D eigenvalue weighted by Gasteiger charge is 2.04. The maximum Gasteiger partial charge on any atom is 0.433 e. The Balaban J connectivity index is 2.88. The number of amides is 1. The van der Waals surface area contributed by atoms with Gasteiger partial charge in [0.1, 0.15) is 5.84 Å². The van der Waals surface area contributed by atoms with Crippen LogP contribution in [0.25, 0.3) is 0 Å². The van der Waals surface area contributed by atoms with Gasteiger partial charge in [0.15, 0.2) is 0 Å². The van der Waals surface area contributed by atoms with E-state index in [-0.39, 0.29) is 12.4 Å². The standard InChI is InChI=1S/C7H8N2O3S/c8-6(9-7(11)12)4-1-5(2-10)13-3-4/h1,3,10H,2H2,(H2,8,9)(H,11,12). The first kappa shape index (κ1) is 9.69. The van der Waals surface area contributed by atoms with E-state index >= 15 is 0 Å². The molecule has 5 nitrogen and oxygen atoms in total. The fourth-order valence-electron chi connectivity index (χ4n) is 0.765. The zero-order valence-electron chi connectivity index (χ0n) is 6.60. The number of carboxylic acid groups (broad SMARTS) is 1. The highest BCUT2D eigenvalue weighted by molar-refractivity contribution is 7.10. The summed E-state index contributed by atoms with van der Waals surface area (Å²) in [5.74, 6) is -0.0524. The fourth-order valence-corrected chi connectivity index (χ4v) is 1.50. The molecule has 1 amide bonds. The van der Waals surface area contributed by atoms with Crippen LogP contribution in [0.2, 0.25) is 0 Å². The molecule has 0 atom stereocenters. The molecule has 13 heavy (non-hydrogen) atoms. The summed E-state index contributed by atoms with van der Waals surface area (Å²) in [5.41, 5.74) is 5.88. The van der Waals surface area contributed by atoms with Gasteiger partial charge in [0.05, 0.1) is 6.61 Å². The van der Waals surface area contributed by atoms with E-state index in [4.69, 9.17) is 15.9 Å². The molecule has 0 saturated carbocycles. The number of amidine groups is 1. The molecule has 0 aliphatic carbocycles. The largest absolute Gasteiger partial charge is 0.463 e. The number of carbonyl (C=O) groups is 1. The van der Waals surface area contributed by atoms with Gasteiger partial charge in [0, 0.05) is 15.8 Å². The molecule has 0 spiro atoms. The molecule has 0 aliphatic rings. The second kappa shape index (κ2) is 4.01. The van der Waals surface area contributed by atoms with Gasteiger partial charge >= 0.3 is 6.09 Å². The third kappa shape index (κ3) is 2.53. The molecule has 1 aromatic heterocycles. The van der Waals surface area contributed by atoms with Crippen LogP contribution in [0.1, 0.15) is 10.4 Å². The summed E-state index contributed by atoms with van der Waals surface area (Å²) in [4.78, 5) is 14.0. The van der Waals surface area contributed by atoms with E-state index in [1.54, 1.807) is 11.4 Å². The zero-order valence-corrected chi connectivity index (χ0v) is 7.41. The van der Waals surface area contributed by atoms with E-state index in [1.807, 2.05) is 0 Å². The molecule has 4 N–H and O–H groups in total. The fraction of sp³-hybridized carbons (Fsp3) is 0.143. The van der Waals surface area contributed by atoms with Crippen molar-refractivity contribution in [3.05, 3.63) is 21.9 Å². The summed E-state index contributed by atoms with van der Waals surface area (Å²) < 4.78 is 0. The number of aliphatic hydroxyl groups is 1. The van der Waals surface area contributed by atoms with E-state index in [9.17, 15) is 4.79 Å². The number of aliphatic imine (C=N–C) groups is 1. The van der Waals surface area contributed by atoms with Crippen LogP contribution in [0, 0.1) is 0 Å². The molecule has 0 saturated heterocycles. The average molecular weight is 200 g/mol. The lowest BCUT2D eigenvalue weighted by molar-refractivity contribution is 0.205. The number of nitrogens with zero attached hydrogens (tertiary/aromatic N) is 1. The molecule has 1 heterocycles. The molecule has 1 rings (SSSR count). The monoisotopic (exact) mass is 200 g/mol. The predicted molar refractivity (Wildman–Crippen MR) is 49.0 cm³/mol. The quantitative estimate of drug-likeness (QED) is 0.481. The maximum atomic E-state index is 10.1. The summed E-state index contributed by atoms with van der Waals surface area (Å²) in [5, 5.41) is 18.7. The second-order valence-electron chi connectivity index (χ2n) is 2.24. The van der Waals surface area contributed by atoms with Crippen LogP contribution in [0.4, 0.5) is 4.79 Å². The van der Waals surface area contributed by atoms with E-state index in [1.165, 1.54) is 11.3 Å². The molecular formula is C7H8N2O3S. The van der Waals surface area contributed by atoms with E-state index in [2.05, 4.69) is 4.99 Å². The first-order valence-corrected chi connectivity index (χ1v) is 4.27.